The molecule has 0 spiro atoms. The molecule has 4 heteroatoms. The lowest BCUT2D eigenvalue weighted by Gasteiger charge is -2.30. The average Bonchev–Trinajstić information content (AvgIpc) is 2.54. The zero-order valence-corrected chi connectivity index (χ0v) is 13.4. The fourth-order valence-electron chi connectivity index (χ4n) is 3.07. The van der Waals surface area contributed by atoms with E-state index in [2.05, 4.69) is 24.0 Å². The number of hydrogen-bond acceptors (Lipinski definition) is 3. The van der Waals surface area contributed by atoms with Gasteiger partial charge in [0.1, 0.15) is 0 Å². The fourth-order valence-corrected chi connectivity index (χ4v) is 3.07. The van der Waals surface area contributed by atoms with Crippen molar-refractivity contribution in [3.63, 3.8) is 0 Å². The Morgan fingerprint density at radius 3 is 2.45 bits per heavy atom. The second-order valence-corrected chi connectivity index (χ2v) is 6.25. The molecule has 1 atom stereocenters. The zero-order chi connectivity index (χ0) is 15.9. The number of hydrogen-bond donors (Lipinski definition) is 2. The number of rotatable bonds is 7. The van der Waals surface area contributed by atoms with Crippen LogP contribution in [0.15, 0.2) is 24.3 Å². The molecular formula is C18H27NO3. The van der Waals surface area contributed by atoms with Crippen LogP contribution in [0.1, 0.15) is 49.8 Å². The first-order chi connectivity index (χ1) is 10.6. The van der Waals surface area contributed by atoms with Crippen LogP contribution in [0.2, 0.25) is 0 Å². The van der Waals surface area contributed by atoms with E-state index in [4.69, 9.17) is 5.11 Å². The molecule has 0 aliphatic carbocycles. The number of carboxylic acid groups (broad SMARTS) is 1. The summed E-state index contributed by atoms with van der Waals surface area (Å²) in [5.74, 6) is -0.862. The van der Waals surface area contributed by atoms with Gasteiger partial charge in [0, 0.05) is 6.54 Å². The molecule has 2 rings (SSSR count). The van der Waals surface area contributed by atoms with Crippen LogP contribution in [-0.4, -0.2) is 40.7 Å². The number of aliphatic hydroxyl groups excluding tert-OH is 1. The number of aryl methyl sites for hydroxylation is 1. The third-order valence-corrected chi connectivity index (χ3v) is 4.56. The molecule has 0 saturated carbocycles. The molecule has 0 bridgehead atoms. The second-order valence-electron chi connectivity index (χ2n) is 6.25. The van der Waals surface area contributed by atoms with Gasteiger partial charge in [0.05, 0.1) is 12.0 Å². The Balaban J connectivity index is 1.75. The Hall–Kier alpha value is -1.39. The molecule has 1 fully saturated rings. The zero-order valence-electron chi connectivity index (χ0n) is 13.4. The predicted molar refractivity (Wildman–Crippen MR) is 86.8 cm³/mol. The lowest BCUT2D eigenvalue weighted by molar-refractivity contribution is -0.143. The maximum Gasteiger partial charge on any atom is 0.306 e. The standard InChI is InChI=1S/C18H27NO3/c1-2-3-14-4-6-15(7-5-14)17(20)10-13-19-11-8-16(9-12-19)18(21)22/h4-7,16-17,20H,2-3,8-13H2,1H3,(H,21,22). The molecule has 0 amide bonds. The van der Waals surface area contributed by atoms with Crippen molar-refractivity contribution in [2.24, 2.45) is 5.92 Å². The van der Waals surface area contributed by atoms with Crippen LogP contribution >= 0.6 is 0 Å². The smallest absolute Gasteiger partial charge is 0.306 e. The maximum atomic E-state index is 10.9. The summed E-state index contributed by atoms with van der Waals surface area (Å²) in [5.41, 5.74) is 2.29. The molecule has 0 radical (unpaired) electrons. The number of carboxylic acids is 1. The number of nitrogens with zero attached hydrogens (tertiary/aromatic N) is 1. The highest BCUT2D eigenvalue weighted by molar-refractivity contribution is 5.70. The topological polar surface area (TPSA) is 60.8 Å². The van der Waals surface area contributed by atoms with Crippen molar-refractivity contribution in [2.75, 3.05) is 19.6 Å². The van der Waals surface area contributed by atoms with Gasteiger partial charge in [-0.2, -0.15) is 0 Å². The largest absolute Gasteiger partial charge is 0.481 e. The molecule has 1 aromatic rings. The van der Waals surface area contributed by atoms with E-state index >= 15 is 0 Å². The van der Waals surface area contributed by atoms with Gasteiger partial charge in [0.25, 0.3) is 0 Å². The second kappa shape index (κ2) is 8.30. The van der Waals surface area contributed by atoms with Gasteiger partial charge in [-0.3, -0.25) is 4.79 Å². The summed E-state index contributed by atoms with van der Waals surface area (Å²) in [6.45, 7) is 4.62. The van der Waals surface area contributed by atoms with Gasteiger partial charge in [-0.25, -0.2) is 0 Å². The van der Waals surface area contributed by atoms with E-state index in [9.17, 15) is 9.90 Å². The summed E-state index contributed by atoms with van der Waals surface area (Å²) >= 11 is 0. The minimum Gasteiger partial charge on any atom is -0.481 e. The third-order valence-electron chi connectivity index (χ3n) is 4.56. The number of carbonyl (C=O) groups is 1. The monoisotopic (exact) mass is 305 g/mol. The summed E-state index contributed by atoms with van der Waals surface area (Å²) < 4.78 is 0. The van der Waals surface area contributed by atoms with E-state index in [1.54, 1.807) is 0 Å². The van der Waals surface area contributed by atoms with E-state index in [0.29, 0.717) is 6.42 Å². The highest BCUT2D eigenvalue weighted by Crippen LogP contribution is 2.21. The molecule has 1 heterocycles. The molecule has 4 nitrogen and oxygen atoms in total. The van der Waals surface area contributed by atoms with Crippen molar-refractivity contribution in [1.82, 2.24) is 4.90 Å². The summed E-state index contributed by atoms with van der Waals surface area (Å²) in [7, 11) is 0. The molecular weight excluding hydrogens is 278 g/mol. The highest BCUT2D eigenvalue weighted by atomic mass is 16.4. The van der Waals surface area contributed by atoms with Crippen molar-refractivity contribution in [2.45, 2.75) is 45.1 Å². The molecule has 1 aliphatic heterocycles. The Bertz CT molecular complexity index is 464. The Morgan fingerprint density at radius 1 is 1.27 bits per heavy atom. The molecule has 0 aromatic heterocycles. The first kappa shape index (κ1) is 17.0. The molecule has 2 N–H and O–H groups in total. The van der Waals surface area contributed by atoms with E-state index in [1.165, 1.54) is 5.56 Å². The number of aliphatic hydroxyl groups is 1. The van der Waals surface area contributed by atoms with Crippen LogP contribution in [0.25, 0.3) is 0 Å². The van der Waals surface area contributed by atoms with Crippen molar-refractivity contribution in [3.8, 4) is 0 Å². The van der Waals surface area contributed by atoms with Gasteiger partial charge < -0.3 is 15.1 Å². The first-order valence-corrected chi connectivity index (χ1v) is 8.32. The van der Waals surface area contributed by atoms with Crippen molar-refractivity contribution in [3.05, 3.63) is 35.4 Å². The number of aliphatic carboxylic acids is 1. The van der Waals surface area contributed by atoms with Crippen LogP contribution in [-0.2, 0) is 11.2 Å². The Morgan fingerprint density at radius 2 is 1.91 bits per heavy atom. The van der Waals surface area contributed by atoms with Crippen LogP contribution in [0.4, 0.5) is 0 Å². The minimum absolute atomic E-state index is 0.188. The Kier molecular flexibility index (Phi) is 6.40. The number of likely N-dealkylation sites (tertiary alicyclic amines) is 1. The first-order valence-electron chi connectivity index (χ1n) is 8.32. The summed E-state index contributed by atoms with van der Waals surface area (Å²) in [5, 5.41) is 19.3. The van der Waals surface area contributed by atoms with Crippen LogP contribution in [0.5, 0.6) is 0 Å². The van der Waals surface area contributed by atoms with Crippen molar-refractivity contribution in [1.29, 1.82) is 0 Å². The van der Waals surface area contributed by atoms with E-state index in [1.807, 2.05) is 12.1 Å². The van der Waals surface area contributed by atoms with Gasteiger partial charge in [0.2, 0.25) is 0 Å². The van der Waals surface area contributed by atoms with E-state index in [0.717, 1.165) is 50.9 Å². The van der Waals surface area contributed by atoms with Gasteiger partial charge >= 0.3 is 5.97 Å². The fraction of sp³-hybridized carbons (Fsp3) is 0.611. The third kappa shape index (κ3) is 4.82. The van der Waals surface area contributed by atoms with Gasteiger partial charge in [-0.1, -0.05) is 37.6 Å². The summed E-state index contributed by atoms with van der Waals surface area (Å²) in [4.78, 5) is 13.2. The molecule has 1 unspecified atom stereocenters. The molecule has 22 heavy (non-hydrogen) atoms. The molecule has 122 valence electrons. The maximum absolute atomic E-state index is 10.9. The van der Waals surface area contributed by atoms with E-state index in [-0.39, 0.29) is 5.92 Å². The van der Waals surface area contributed by atoms with Crippen molar-refractivity contribution < 1.29 is 15.0 Å². The van der Waals surface area contributed by atoms with Crippen LogP contribution in [0.3, 0.4) is 0 Å². The average molecular weight is 305 g/mol. The Labute approximate surface area is 132 Å². The lowest BCUT2D eigenvalue weighted by Crippen LogP contribution is -2.37. The number of benzene rings is 1. The summed E-state index contributed by atoms with van der Waals surface area (Å²) in [6.07, 6.45) is 3.91. The quantitative estimate of drug-likeness (QED) is 0.813. The summed E-state index contributed by atoms with van der Waals surface area (Å²) in [6, 6.07) is 8.24. The number of piperidine rings is 1. The SMILES string of the molecule is CCCc1ccc(C(O)CCN2CCC(C(=O)O)CC2)cc1. The van der Waals surface area contributed by atoms with Gasteiger partial charge in [0.15, 0.2) is 0 Å². The van der Waals surface area contributed by atoms with Crippen LogP contribution < -0.4 is 0 Å². The van der Waals surface area contributed by atoms with Crippen molar-refractivity contribution >= 4 is 5.97 Å². The predicted octanol–water partition coefficient (Wildman–Crippen LogP) is 2.86. The normalized spacial score (nSPS) is 18.3. The molecule has 1 aliphatic rings. The van der Waals surface area contributed by atoms with E-state index < -0.39 is 12.1 Å². The van der Waals surface area contributed by atoms with Gasteiger partial charge in [-0.05, 0) is 49.9 Å². The molecule has 1 saturated heterocycles. The molecule has 1 aromatic carbocycles. The lowest BCUT2D eigenvalue weighted by atomic mass is 9.96. The highest BCUT2D eigenvalue weighted by Gasteiger charge is 2.24. The minimum atomic E-state index is -0.674. The van der Waals surface area contributed by atoms with Crippen LogP contribution in [0, 0.1) is 5.92 Å². The van der Waals surface area contributed by atoms with Gasteiger partial charge in [-0.15, -0.1) is 0 Å².